The highest BCUT2D eigenvalue weighted by atomic mass is 32.2. The number of hydrogen-bond acceptors (Lipinski definition) is 5. The van der Waals surface area contributed by atoms with E-state index >= 15 is 0 Å². The molecule has 0 bridgehead atoms. The van der Waals surface area contributed by atoms with Gasteiger partial charge in [0.05, 0.1) is 11.0 Å². The van der Waals surface area contributed by atoms with Crippen LogP contribution in [0.25, 0.3) is 0 Å². The van der Waals surface area contributed by atoms with Crippen LogP contribution in [0.15, 0.2) is 29.2 Å². The highest BCUT2D eigenvalue weighted by Gasteiger charge is 2.47. The normalized spacial score (nSPS) is 26.1. The van der Waals surface area contributed by atoms with Crippen molar-refractivity contribution in [1.29, 1.82) is 0 Å². The lowest BCUT2D eigenvalue weighted by molar-refractivity contribution is -0.123. The fraction of sp³-hybridized carbons (Fsp3) is 0.588. The average Bonchev–Trinajstić information content (AvgIpc) is 3.10. The lowest BCUT2D eigenvalue weighted by Crippen LogP contribution is -2.41. The van der Waals surface area contributed by atoms with E-state index in [4.69, 9.17) is 9.47 Å². The van der Waals surface area contributed by atoms with Crippen LogP contribution in [0.5, 0.6) is 5.75 Å². The second-order valence-electron chi connectivity index (χ2n) is 6.68. The van der Waals surface area contributed by atoms with E-state index < -0.39 is 9.84 Å². The van der Waals surface area contributed by atoms with Crippen LogP contribution in [0.4, 0.5) is 0 Å². The van der Waals surface area contributed by atoms with Crippen molar-refractivity contribution in [2.24, 2.45) is 5.41 Å². The Morgan fingerprint density at radius 3 is 3.04 bits per heavy atom. The zero-order chi connectivity index (χ0) is 17.2. The molecule has 7 heteroatoms. The second-order valence-corrected chi connectivity index (χ2v) is 8.69. The lowest BCUT2D eigenvalue weighted by Gasteiger charge is -2.27. The fourth-order valence-electron chi connectivity index (χ4n) is 3.62. The molecule has 0 aromatic heterocycles. The van der Waals surface area contributed by atoms with E-state index in [0.717, 1.165) is 38.5 Å². The molecule has 0 unspecified atom stereocenters. The molecule has 1 saturated carbocycles. The highest BCUT2D eigenvalue weighted by molar-refractivity contribution is 7.90. The Bertz CT molecular complexity index is 705. The van der Waals surface area contributed by atoms with Crippen LogP contribution in [-0.4, -0.2) is 46.4 Å². The molecule has 6 nitrogen and oxygen atoms in total. The van der Waals surface area contributed by atoms with Gasteiger partial charge in [-0.3, -0.25) is 4.79 Å². The molecule has 1 amide bonds. The summed E-state index contributed by atoms with van der Waals surface area (Å²) in [4.78, 5) is 12.2. The van der Waals surface area contributed by atoms with Gasteiger partial charge in [0.15, 0.2) is 16.4 Å². The Labute approximate surface area is 142 Å². The van der Waals surface area contributed by atoms with Crippen molar-refractivity contribution in [1.82, 2.24) is 5.32 Å². The predicted octanol–water partition coefficient (Wildman–Crippen LogP) is 1.54. The minimum atomic E-state index is -3.29. The number of carbonyl (C=O) groups excluding carboxylic acids is 1. The van der Waals surface area contributed by atoms with Crippen LogP contribution in [0.2, 0.25) is 0 Å². The molecule has 1 aromatic rings. The largest absolute Gasteiger partial charge is 0.484 e. The first-order valence-corrected chi connectivity index (χ1v) is 10.1. The van der Waals surface area contributed by atoms with Gasteiger partial charge in [-0.2, -0.15) is 0 Å². The van der Waals surface area contributed by atoms with Gasteiger partial charge in [-0.05, 0) is 37.5 Å². The SMILES string of the molecule is CS(=O)(=O)c1cccc(OCC(=O)NC[C@]23CCC[C@H]2OCC3)c1. The third-order valence-corrected chi connectivity index (χ3v) is 6.09. The molecule has 0 spiro atoms. The van der Waals surface area contributed by atoms with Crippen molar-refractivity contribution in [3.8, 4) is 5.75 Å². The molecule has 24 heavy (non-hydrogen) atoms. The van der Waals surface area contributed by atoms with Gasteiger partial charge in [-0.25, -0.2) is 8.42 Å². The highest BCUT2D eigenvalue weighted by Crippen LogP contribution is 2.46. The Kier molecular flexibility index (Phi) is 4.83. The van der Waals surface area contributed by atoms with Crippen LogP contribution in [0.1, 0.15) is 25.7 Å². The Morgan fingerprint density at radius 2 is 2.25 bits per heavy atom. The molecule has 1 saturated heterocycles. The first-order valence-electron chi connectivity index (χ1n) is 8.20. The quantitative estimate of drug-likeness (QED) is 0.839. The first-order chi connectivity index (χ1) is 11.4. The second kappa shape index (κ2) is 6.72. The van der Waals surface area contributed by atoms with Crippen molar-refractivity contribution >= 4 is 15.7 Å². The van der Waals surface area contributed by atoms with Gasteiger partial charge in [0.1, 0.15) is 5.75 Å². The number of sulfone groups is 1. The molecule has 1 heterocycles. The smallest absolute Gasteiger partial charge is 0.257 e. The third kappa shape index (κ3) is 3.72. The molecule has 0 radical (unpaired) electrons. The van der Waals surface area contributed by atoms with E-state index in [1.54, 1.807) is 12.1 Å². The predicted molar refractivity (Wildman–Crippen MR) is 88.7 cm³/mol. The summed E-state index contributed by atoms with van der Waals surface area (Å²) in [5, 5.41) is 2.94. The maximum Gasteiger partial charge on any atom is 0.257 e. The molecule has 1 aromatic carbocycles. The van der Waals surface area contributed by atoms with Gasteiger partial charge in [0.25, 0.3) is 5.91 Å². The Hall–Kier alpha value is -1.60. The molecule has 3 rings (SSSR count). The summed E-state index contributed by atoms with van der Waals surface area (Å²) in [6, 6.07) is 6.17. The van der Waals surface area contributed by atoms with Crippen molar-refractivity contribution in [2.75, 3.05) is 26.0 Å². The van der Waals surface area contributed by atoms with Crippen LogP contribution in [0.3, 0.4) is 0 Å². The van der Waals surface area contributed by atoms with Crippen LogP contribution >= 0.6 is 0 Å². The van der Waals surface area contributed by atoms with Crippen LogP contribution in [0, 0.1) is 5.41 Å². The van der Waals surface area contributed by atoms with E-state index in [0.29, 0.717) is 12.3 Å². The number of fused-ring (bicyclic) bond motifs is 1. The molecule has 2 atom stereocenters. The van der Waals surface area contributed by atoms with E-state index in [9.17, 15) is 13.2 Å². The van der Waals surface area contributed by atoms with Crippen molar-refractivity contribution in [3.63, 3.8) is 0 Å². The van der Waals surface area contributed by atoms with Gasteiger partial charge in [0.2, 0.25) is 0 Å². The maximum atomic E-state index is 12.0. The van der Waals surface area contributed by atoms with E-state index in [2.05, 4.69) is 5.32 Å². The summed E-state index contributed by atoms with van der Waals surface area (Å²) in [5.41, 5.74) is 0.0892. The standard InChI is InChI=1S/C17H23NO5S/c1-24(20,21)14-5-2-4-13(10-14)23-11-16(19)18-12-17-7-3-6-15(17)22-9-8-17/h2,4-5,10,15H,3,6-9,11-12H2,1H3,(H,18,19)/t15-,17-/m1/s1. The third-order valence-electron chi connectivity index (χ3n) is 4.98. The minimum Gasteiger partial charge on any atom is -0.484 e. The number of rotatable bonds is 6. The van der Waals surface area contributed by atoms with Gasteiger partial charge in [-0.1, -0.05) is 12.5 Å². The molecule has 2 aliphatic rings. The van der Waals surface area contributed by atoms with Gasteiger partial charge < -0.3 is 14.8 Å². The van der Waals surface area contributed by atoms with Crippen molar-refractivity contribution in [3.05, 3.63) is 24.3 Å². The number of carbonyl (C=O) groups is 1. The summed E-state index contributed by atoms with van der Waals surface area (Å²) >= 11 is 0. The number of ether oxygens (including phenoxy) is 2. The molecular formula is C17H23NO5S. The summed E-state index contributed by atoms with van der Waals surface area (Å²) < 4.78 is 34.2. The first kappa shape index (κ1) is 17.2. The summed E-state index contributed by atoms with van der Waals surface area (Å²) in [5.74, 6) is 0.167. The molecule has 1 aliphatic heterocycles. The fourth-order valence-corrected chi connectivity index (χ4v) is 4.27. The Balaban J connectivity index is 1.51. The molecule has 1 N–H and O–H groups in total. The van der Waals surface area contributed by atoms with Gasteiger partial charge in [0, 0.05) is 24.8 Å². The number of benzene rings is 1. The minimum absolute atomic E-state index is 0.0892. The molecule has 1 aliphatic carbocycles. The van der Waals surface area contributed by atoms with Gasteiger partial charge >= 0.3 is 0 Å². The maximum absolute atomic E-state index is 12.0. The monoisotopic (exact) mass is 353 g/mol. The summed E-state index contributed by atoms with van der Waals surface area (Å²) in [7, 11) is -3.29. The summed E-state index contributed by atoms with van der Waals surface area (Å²) in [6.45, 7) is 1.26. The van der Waals surface area contributed by atoms with E-state index in [-0.39, 0.29) is 28.9 Å². The van der Waals surface area contributed by atoms with Crippen LogP contribution in [-0.2, 0) is 19.4 Å². The van der Waals surface area contributed by atoms with Crippen LogP contribution < -0.4 is 10.1 Å². The number of nitrogens with one attached hydrogen (secondary N) is 1. The van der Waals surface area contributed by atoms with Crippen molar-refractivity contribution < 1.29 is 22.7 Å². The van der Waals surface area contributed by atoms with E-state index in [1.165, 1.54) is 12.1 Å². The van der Waals surface area contributed by atoms with E-state index in [1.807, 2.05) is 0 Å². The number of amides is 1. The lowest BCUT2D eigenvalue weighted by atomic mass is 9.83. The zero-order valence-electron chi connectivity index (χ0n) is 13.8. The zero-order valence-corrected chi connectivity index (χ0v) is 14.6. The van der Waals surface area contributed by atoms with Crippen molar-refractivity contribution in [2.45, 2.75) is 36.7 Å². The molecular weight excluding hydrogens is 330 g/mol. The average molecular weight is 353 g/mol. The topological polar surface area (TPSA) is 81.7 Å². The summed E-state index contributed by atoms with van der Waals surface area (Å²) in [6.07, 6.45) is 5.72. The number of hydrogen-bond donors (Lipinski definition) is 1. The van der Waals surface area contributed by atoms with Gasteiger partial charge in [-0.15, -0.1) is 0 Å². The Morgan fingerprint density at radius 1 is 1.42 bits per heavy atom. The molecule has 2 fully saturated rings. The molecule has 132 valence electrons.